The van der Waals surface area contributed by atoms with Crippen LogP contribution in [0.4, 0.5) is 5.82 Å². The number of carbonyl (C=O) groups excluding carboxylic acids is 2. The summed E-state index contributed by atoms with van der Waals surface area (Å²) in [6.07, 6.45) is 1.49. The van der Waals surface area contributed by atoms with Crippen molar-refractivity contribution >= 4 is 28.7 Å². The van der Waals surface area contributed by atoms with Gasteiger partial charge in [-0.1, -0.05) is 12.1 Å². The first-order valence-electron chi connectivity index (χ1n) is 9.19. The minimum absolute atomic E-state index is 0.139. The van der Waals surface area contributed by atoms with E-state index in [1.54, 1.807) is 24.0 Å². The van der Waals surface area contributed by atoms with Crippen molar-refractivity contribution in [3.8, 4) is 0 Å². The van der Waals surface area contributed by atoms with Crippen LogP contribution >= 0.6 is 0 Å². The van der Waals surface area contributed by atoms with Gasteiger partial charge >= 0.3 is 5.97 Å². The second-order valence-electron chi connectivity index (χ2n) is 6.36. The molecule has 3 heterocycles. The molecule has 0 bridgehead atoms. The summed E-state index contributed by atoms with van der Waals surface area (Å²) in [7, 11) is 0. The monoisotopic (exact) mass is 380 g/mol. The summed E-state index contributed by atoms with van der Waals surface area (Å²) in [5, 5.41) is 0. The largest absolute Gasteiger partial charge is 0.461 e. The maximum Gasteiger partial charge on any atom is 0.360 e. The van der Waals surface area contributed by atoms with Crippen molar-refractivity contribution in [1.29, 1.82) is 0 Å². The summed E-state index contributed by atoms with van der Waals surface area (Å²) in [4.78, 5) is 37.8. The fourth-order valence-corrected chi connectivity index (χ4v) is 3.23. The zero-order valence-corrected chi connectivity index (χ0v) is 15.5. The normalized spacial score (nSPS) is 14.3. The van der Waals surface area contributed by atoms with Gasteiger partial charge < -0.3 is 19.0 Å². The molecule has 144 valence electrons. The molecule has 28 heavy (non-hydrogen) atoms. The molecular formula is C20H20N4O4. The first-order chi connectivity index (χ1) is 13.7. The summed E-state index contributed by atoms with van der Waals surface area (Å²) >= 11 is 0. The highest BCUT2D eigenvalue weighted by atomic mass is 16.5. The van der Waals surface area contributed by atoms with Gasteiger partial charge in [0.05, 0.1) is 23.9 Å². The SMILES string of the molecule is CCOC(=O)c1nc2ccccc2nc1N1CCN(C(=O)c2ccco2)CC1. The molecule has 1 amide bonds. The Bertz CT molecular complexity index is 995. The number of para-hydroxylation sites is 2. The number of carbonyl (C=O) groups is 2. The molecule has 1 aromatic carbocycles. The predicted molar refractivity (Wildman–Crippen MR) is 102 cm³/mol. The number of fused-ring (bicyclic) bond motifs is 1. The molecule has 1 aliphatic rings. The molecule has 1 saturated heterocycles. The summed E-state index contributed by atoms with van der Waals surface area (Å²) in [6.45, 7) is 4.08. The molecule has 0 radical (unpaired) electrons. The molecule has 0 atom stereocenters. The molecule has 8 nitrogen and oxygen atoms in total. The maximum atomic E-state index is 12.5. The van der Waals surface area contributed by atoms with E-state index in [1.165, 1.54) is 6.26 Å². The first-order valence-corrected chi connectivity index (χ1v) is 9.19. The maximum absolute atomic E-state index is 12.5. The molecule has 8 heteroatoms. The Hall–Kier alpha value is -3.42. The van der Waals surface area contributed by atoms with Gasteiger partial charge in [-0.3, -0.25) is 4.79 Å². The van der Waals surface area contributed by atoms with Gasteiger partial charge in [0.2, 0.25) is 0 Å². The summed E-state index contributed by atoms with van der Waals surface area (Å²) in [6, 6.07) is 10.8. The highest BCUT2D eigenvalue weighted by Gasteiger charge is 2.28. The van der Waals surface area contributed by atoms with Crippen LogP contribution in [0.5, 0.6) is 0 Å². The smallest absolute Gasteiger partial charge is 0.360 e. The number of esters is 1. The molecule has 0 spiro atoms. The molecule has 0 saturated carbocycles. The summed E-state index contributed by atoms with van der Waals surface area (Å²) in [5.74, 6) is 0.179. The number of ether oxygens (including phenoxy) is 1. The standard InChI is InChI=1S/C20H20N4O4/c1-2-27-20(26)17-18(22-15-7-4-3-6-14(15)21-17)23-9-11-24(12-10-23)19(25)16-8-5-13-28-16/h3-8,13H,2,9-12H2,1H3. The average Bonchev–Trinajstić information content (AvgIpc) is 3.27. The van der Waals surface area contributed by atoms with Crippen molar-refractivity contribution in [2.75, 3.05) is 37.7 Å². The van der Waals surface area contributed by atoms with Crippen LogP contribution in [0.1, 0.15) is 28.0 Å². The fourth-order valence-electron chi connectivity index (χ4n) is 3.23. The van der Waals surface area contributed by atoms with Crippen LogP contribution in [0.25, 0.3) is 11.0 Å². The van der Waals surface area contributed by atoms with Gasteiger partial charge in [-0.15, -0.1) is 0 Å². The number of furan rings is 1. The van der Waals surface area contributed by atoms with Crippen molar-refractivity contribution in [3.63, 3.8) is 0 Å². The number of aromatic nitrogens is 2. The first kappa shape index (κ1) is 18.0. The van der Waals surface area contributed by atoms with Crippen LogP contribution < -0.4 is 4.90 Å². The number of piperazine rings is 1. The van der Waals surface area contributed by atoms with Crippen LogP contribution in [0.3, 0.4) is 0 Å². The number of rotatable bonds is 4. The lowest BCUT2D eigenvalue weighted by Gasteiger charge is -2.35. The van der Waals surface area contributed by atoms with Crippen molar-refractivity contribution in [1.82, 2.24) is 14.9 Å². The van der Waals surface area contributed by atoms with Gasteiger partial charge in [-0.05, 0) is 31.2 Å². The van der Waals surface area contributed by atoms with Crippen molar-refractivity contribution in [2.45, 2.75) is 6.92 Å². The number of nitrogens with zero attached hydrogens (tertiary/aromatic N) is 4. The zero-order chi connectivity index (χ0) is 19.5. The Morgan fingerprint density at radius 2 is 1.75 bits per heavy atom. The second-order valence-corrected chi connectivity index (χ2v) is 6.36. The van der Waals surface area contributed by atoms with Crippen molar-refractivity contribution in [3.05, 3.63) is 54.1 Å². The molecule has 1 aliphatic heterocycles. The lowest BCUT2D eigenvalue weighted by atomic mass is 10.2. The van der Waals surface area contributed by atoms with Crippen molar-refractivity contribution < 1.29 is 18.7 Å². The Morgan fingerprint density at radius 1 is 1.04 bits per heavy atom. The van der Waals surface area contributed by atoms with Crippen LogP contribution in [0.15, 0.2) is 47.1 Å². The van der Waals surface area contributed by atoms with Crippen molar-refractivity contribution in [2.24, 2.45) is 0 Å². The van der Waals surface area contributed by atoms with Gasteiger partial charge in [-0.2, -0.15) is 0 Å². The number of hydrogen-bond acceptors (Lipinski definition) is 7. The molecule has 0 unspecified atom stereocenters. The highest BCUT2D eigenvalue weighted by Crippen LogP contribution is 2.23. The minimum atomic E-state index is -0.496. The molecule has 1 fully saturated rings. The molecule has 0 aliphatic carbocycles. The van der Waals surface area contributed by atoms with E-state index in [9.17, 15) is 9.59 Å². The topological polar surface area (TPSA) is 88.8 Å². The Kier molecular flexibility index (Phi) is 4.92. The molecule has 4 rings (SSSR count). The number of anilines is 1. The highest BCUT2D eigenvalue weighted by molar-refractivity contribution is 5.95. The predicted octanol–water partition coefficient (Wildman–Crippen LogP) is 2.36. The second kappa shape index (κ2) is 7.67. The molecule has 3 aromatic rings. The Labute approximate surface area is 161 Å². The minimum Gasteiger partial charge on any atom is -0.461 e. The van der Waals surface area contributed by atoms with Crippen LogP contribution in [0, 0.1) is 0 Å². The van der Waals surface area contributed by atoms with E-state index in [-0.39, 0.29) is 18.2 Å². The van der Waals surface area contributed by atoms with Gasteiger partial charge in [0.25, 0.3) is 5.91 Å². The number of amides is 1. The summed E-state index contributed by atoms with van der Waals surface area (Å²) in [5.41, 5.74) is 1.55. The molecular weight excluding hydrogens is 360 g/mol. The van der Waals surface area contributed by atoms with Gasteiger partial charge in [0.1, 0.15) is 0 Å². The van der Waals surface area contributed by atoms with E-state index in [2.05, 4.69) is 9.97 Å². The van der Waals surface area contributed by atoms with Crippen LogP contribution in [0.2, 0.25) is 0 Å². The quantitative estimate of drug-likeness (QED) is 0.642. The van der Waals surface area contributed by atoms with E-state index < -0.39 is 5.97 Å². The van der Waals surface area contributed by atoms with Gasteiger partial charge in [-0.25, -0.2) is 14.8 Å². The van der Waals surface area contributed by atoms with Crippen LogP contribution in [-0.2, 0) is 4.74 Å². The number of benzene rings is 1. The van der Waals surface area contributed by atoms with Crippen LogP contribution in [-0.4, -0.2) is 59.5 Å². The van der Waals surface area contributed by atoms with E-state index in [0.29, 0.717) is 48.8 Å². The third kappa shape index (κ3) is 3.40. The lowest BCUT2D eigenvalue weighted by Crippen LogP contribution is -2.49. The lowest BCUT2D eigenvalue weighted by molar-refractivity contribution is 0.0519. The molecule has 0 N–H and O–H groups in total. The van der Waals surface area contributed by atoms with Gasteiger partial charge in [0, 0.05) is 26.2 Å². The van der Waals surface area contributed by atoms with Gasteiger partial charge in [0.15, 0.2) is 17.3 Å². The average molecular weight is 380 g/mol. The summed E-state index contributed by atoms with van der Waals surface area (Å²) < 4.78 is 10.4. The third-order valence-corrected chi connectivity index (χ3v) is 4.62. The third-order valence-electron chi connectivity index (χ3n) is 4.62. The Balaban J connectivity index is 1.59. The van der Waals surface area contributed by atoms with E-state index in [1.807, 2.05) is 29.2 Å². The van der Waals surface area contributed by atoms with E-state index in [4.69, 9.17) is 9.15 Å². The number of hydrogen-bond donors (Lipinski definition) is 0. The Morgan fingerprint density at radius 3 is 2.39 bits per heavy atom. The zero-order valence-electron chi connectivity index (χ0n) is 15.5. The van der Waals surface area contributed by atoms with E-state index >= 15 is 0 Å². The van der Waals surface area contributed by atoms with E-state index in [0.717, 1.165) is 0 Å². The molecule has 2 aromatic heterocycles. The fraction of sp³-hybridized carbons (Fsp3) is 0.300.